The minimum atomic E-state index is -1.15. The van der Waals surface area contributed by atoms with Gasteiger partial charge in [-0.25, -0.2) is 9.59 Å². The normalized spacial score (nSPS) is 11.6. The van der Waals surface area contributed by atoms with Crippen LogP contribution in [-0.4, -0.2) is 27.1 Å². The summed E-state index contributed by atoms with van der Waals surface area (Å²) >= 11 is 6.15. The van der Waals surface area contributed by atoms with Gasteiger partial charge in [0, 0.05) is 35.1 Å². The molecule has 0 fully saturated rings. The molecule has 9 heteroatoms. The van der Waals surface area contributed by atoms with Gasteiger partial charge in [-0.2, -0.15) is 5.10 Å². The molecule has 3 rings (SSSR count). The summed E-state index contributed by atoms with van der Waals surface area (Å²) in [7, 11) is 1.73. The lowest BCUT2D eigenvalue weighted by atomic mass is 10.1. The number of hydrogen-bond donors (Lipinski definition) is 3. The molecule has 2 aromatic carbocycles. The number of amides is 2. The number of carboxylic acid groups (broad SMARTS) is 1. The molecule has 3 N–H and O–H groups in total. The Morgan fingerprint density at radius 1 is 1.14 bits per heavy atom. The lowest BCUT2D eigenvalue weighted by Gasteiger charge is -2.15. The van der Waals surface area contributed by atoms with E-state index >= 15 is 0 Å². The minimum absolute atomic E-state index is 0.430. The molecule has 0 radical (unpaired) electrons. The predicted molar refractivity (Wildman–Crippen MR) is 110 cm³/mol. The van der Waals surface area contributed by atoms with Crippen LogP contribution in [0.2, 0.25) is 5.02 Å². The molecule has 2 amide bonds. The second-order valence-electron chi connectivity index (χ2n) is 6.27. The van der Waals surface area contributed by atoms with Gasteiger partial charge in [0.05, 0.1) is 5.69 Å². The predicted octanol–water partition coefficient (Wildman–Crippen LogP) is 5.14. The van der Waals surface area contributed by atoms with Gasteiger partial charge in [0.15, 0.2) is 0 Å². The molecule has 1 unspecified atom stereocenters. The number of hydrogen-bond acceptors (Lipinski definition) is 4. The van der Waals surface area contributed by atoms with Crippen LogP contribution >= 0.6 is 11.6 Å². The van der Waals surface area contributed by atoms with Gasteiger partial charge in [-0.1, -0.05) is 41.9 Å². The highest BCUT2D eigenvalue weighted by atomic mass is 35.5. The number of carbonyl (C=O) groups is 2. The number of anilines is 2. The highest BCUT2D eigenvalue weighted by Gasteiger charge is 2.18. The van der Waals surface area contributed by atoms with Crippen LogP contribution in [0.1, 0.15) is 18.6 Å². The average molecular weight is 415 g/mol. The summed E-state index contributed by atoms with van der Waals surface area (Å²) in [5.74, 6) is 0. The molecular formula is C20H19ClN4O4. The maximum Gasteiger partial charge on any atom is 0.412 e. The Morgan fingerprint density at radius 3 is 2.48 bits per heavy atom. The molecule has 0 aliphatic rings. The Bertz CT molecular complexity index is 1030. The number of carbonyl (C=O) groups excluding carboxylic acids is 1. The van der Waals surface area contributed by atoms with Crippen LogP contribution in [0.25, 0.3) is 11.3 Å². The Morgan fingerprint density at radius 2 is 1.83 bits per heavy atom. The average Bonchev–Trinajstić information content (AvgIpc) is 3.02. The molecule has 1 heterocycles. The molecule has 0 saturated carbocycles. The minimum Gasteiger partial charge on any atom is -0.465 e. The van der Waals surface area contributed by atoms with Crippen LogP contribution in [0.5, 0.6) is 0 Å². The van der Waals surface area contributed by atoms with Crippen molar-refractivity contribution >= 4 is 35.2 Å². The maximum atomic E-state index is 12.4. The molecule has 0 saturated heterocycles. The third-order valence-electron chi connectivity index (χ3n) is 4.10. The molecule has 1 atom stereocenters. The lowest BCUT2D eigenvalue weighted by Crippen LogP contribution is -2.16. The van der Waals surface area contributed by atoms with Gasteiger partial charge < -0.3 is 9.84 Å². The Labute approximate surface area is 172 Å². The lowest BCUT2D eigenvalue weighted by molar-refractivity contribution is 0.121. The Kier molecular flexibility index (Phi) is 6.04. The van der Waals surface area contributed by atoms with Crippen molar-refractivity contribution in [2.75, 3.05) is 10.6 Å². The van der Waals surface area contributed by atoms with Crippen molar-refractivity contribution in [2.45, 2.75) is 13.0 Å². The van der Waals surface area contributed by atoms with Gasteiger partial charge in [0.1, 0.15) is 11.8 Å². The first kappa shape index (κ1) is 20.2. The maximum absolute atomic E-state index is 12.4. The number of aromatic nitrogens is 2. The van der Waals surface area contributed by atoms with Crippen LogP contribution in [0, 0.1) is 0 Å². The van der Waals surface area contributed by atoms with E-state index in [9.17, 15) is 9.59 Å². The number of aryl methyl sites for hydroxylation is 1. The summed E-state index contributed by atoms with van der Waals surface area (Å²) < 4.78 is 7.00. The van der Waals surface area contributed by atoms with E-state index in [1.807, 2.05) is 6.07 Å². The fraction of sp³-hybridized carbons (Fsp3) is 0.150. The first-order valence-corrected chi connectivity index (χ1v) is 9.07. The highest BCUT2D eigenvalue weighted by Crippen LogP contribution is 2.29. The first-order valence-electron chi connectivity index (χ1n) is 8.69. The molecule has 150 valence electrons. The van der Waals surface area contributed by atoms with Crippen molar-refractivity contribution in [1.29, 1.82) is 0 Å². The second kappa shape index (κ2) is 8.66. The van der Waals surface area contributed by atoms with Gasteiger partial charge in [0.25, 0.3) is 0 Å². The van der Waals surface area contributed by atoms with Gasteiger partial charge in [-0.05, 0) is 25.1 Å². The fourth-order valence-electron chi connectivity index (χ4n) is 2.80. The van der Waals surface area contributed by atoms with E-state index in [0.29, 0.717) is 33.2 Å². The van der Waals surface area contributed by atoms with E-state index in [0.717, 1.165) is 0 Å². The number of ether oxygens (including phenoxy) is 1. The number of nitrogens with one attached hydrogen (secondary N) is 2. The quantitative estimate of drug-likeness (QED) is 0.536. The van der Waals surface area contributed by atoms with E-state index in [1.54, 1.807) is 67.3 Å². The van der Waals surface area contributed by atoms with E-state index in [1.165, 1.54) is 0 Å². The smallest absolute Gasteiger partial charge is 0.412 e. The number of rotatable bonds is 5. The van der Waals surface area contributed by atoms with Crippen LogP contribution < -0.4 is 10.6 Å². The van der Waals surface area contributed by atoms with Crippen molar-refractivity contribution in [1.82, 2.24) is 9.78 Å². The topological polar surface area (TPSA) is 105 Å². The van der Waals surface area contributed by atoms with Crippen LogP contribution in [-0.2, 0) is 11.8 Å². The first-order chi connectivity index (χ1) is 13.8. The van der Waals surface area contributed by atoms with Crippen molar-refractivity contribution < 1.29 is 19.4 Å². The summed E-state index contributed by atoms with van der Waals surface area (Å²) in [6.07, 6.45) is -0.672. The summed E-state index contributed by atoms with van der Waals surface area (Å²) in [5, 5.41) is 18.6. The molecule has 0 bridgehead atoms. The molecule has 0 spiro atoms. The van der Waals surface area contributed by atoms with Gasteiger partial charge in [-0.3, -0.25) is 15.3 Å². The van der Waals surface area contributed by atoms with Crippen molar-refractivity contribution in [2.24, 2.45) is 7.05 Å². The van der Waals surface area contributed by atoms with Gasteiger partial charge >= 0.3 is 12.2 Å². The van der Waals surface area contributed by atoms with E-state index in [-0.39, 0.29) is 0 Å². The summed E-state index contributed by atoms with van der Waals surface area (Å²) in [4.78, 5) is 23.1. The van der Waals surface area contributed by atoms with E-state index in [2.05, 4.69) is 15.7 Å². The molecule has 3 aromatic rings. The highest BCUT2D eigenvalue weighted by molar-refractivity contribution is 6.31. The molecule has 0 aliphatic carbocycles. The van der Waals surface area contributed by atoms with Crippen molar-refractivity contribution in [3.63, 3.8) is 0 Å². The number of halogens is 1. The summed E-state index contributed by atoms with van der Waals surface area (Å²) in [5.41, 5.74) is 2.83. The zero-order chi connectivity index (χ0) is 21.0. The van der Waals surface area contributed by atoms with Crippen molar-refractivity contribution in [3.05, 3.63) is 65.3 Å². The molecular weight excluding hydrogens is 396 g/mol. The Balaban J connectivity index is 1.74. The molecule has 8 nitrogen and oxygen atoms in total. The van der Waals surface area contributed by atoms with Crippen LogP contribution in [0.15, 0.2) is 54.7 Å². The number of nitrogens with zero attached hydrogens (tertiary/aromatic N) is 2. The van der Waals surface area contributed by atoms with Crippen LogP contribution in [0.3, 0.4) is 0 Å². The van der Waals surface area contributed by atoms with Crippen LogP contribution in [0.4, 0.5) is 21.0 Å². The number of benzene rings is 2. The largest absolute Gasteiger partial charge is 0.465 e. The standard InChI is InChI=1S/C20H19ClN4O4/c1-12(15-5-3-4-6-16(15)21)29-20(28)23-17-11-25(2)24-18(17)13-7-9-14(10-8-13)22-19(26)27/h3-12,22H,1-2H3,(H,23,28)(H,26,27). The molecule has 29 heavy (non-hydrogen) atoms. The SMILES string of the molecule is CC(OC(=O)Nc1cn(C)nc1-c1ccc(NC(=O)O)cc1)c1ccccc1Cl. The monoisotopic (exact) mass is 414 g/mol. The molecule has 0 aliphatic heterocycles. The summed E-state index contributed by atoms with van der Waals surface area (Å²) in [6.45, 7) is 1.74. The third kappa shape index (κ3) is 5.05. The zero-order valence-electron chi connectivity index (χ0n) is 15.7. The van der Waals surface area contributed by atoms with Crippen molar-refractivity contribution in [3.8, 4) is 11.3 Å². The fourth-order valence-corrected chi connectivity index (χ4v) is 3.09. The van der Waals surface area contributed by atoms with Gasteiger partial charge in [-0.15, -0.1) is 0 Å². The molecule has 1 aromatic heterocycles. The van der Waals surface area contributed by atoms with E-state index < -0.39 is 18.3 Å². The zero-order valence-corrected chi connectivity index (χ0v) is 16.5. The van der Waals surface area contributed by atoms with Gasteiger partial charge in [0.2, 0.25) is 0 Å². The third-order valence-corrected chi connectivity index (χ3v) is 4.45. The second-order valence-corrected chi connectivity index (χ2v) is 6.67. The van der Waals surface area contributed by atoms with E-state index in [4.69, 9.17) is 21.4 Å². The summed E-state index contributed by atoms with van der Waals surface area (Å²) in [6, 6.07) is 13.8. The Hall–Kier alpha value is -3.52.